The van der Waals surface area contributed by atoms with Crippen molar-refractivity contribution < 1.29 is 4.74 Å². The Kier molecular flexibility index (Phi) is 5.08. The van der Waals surface area contributed by atoms with Crippen LogP contribution in [-0.2, 0) is 6.42 Å². The lowest BCUT2D eigenvalue weighted by atomic mass is 10.2. The van der Waals surface area contributed by atoms with Crippen molar-refractivity contribution >= 4 is 23.1 Å². The molecule has 130 valence electrons. The number of aromatic nitrogens is 3. The summed E-state index contributed by atoms with van der Waals surface area (Å²) in [6, 6.07) is 13.0. The number of aryl methyl sites for hydroxylation is 1. The lowest BCUT2D eigenvalue weighted by Gasteiger charge is -2.09. The molecule has 0 saturated heterocycles. The molecule has 0 amide bonds. The Morgan fingerprint density at radius 3 is 2.92 bits per heavy atom. The minimum Gasteiger partial charge on any atom is -0.493 e. The lowest BCUT2D eigenvalue weighted by molar-refractivity contribution is 0.343. The number of thiophene rings is 1. The number of thioether (sulfide) groups is 1. The van der Waals surface area contributed by atoms with Crippen LogP contribution in [0.4, 0.5) is 0 Å². The number of hydrogen-bond acceptors (Lipinski definition) is 5. The molecule has 1 fully saturated rings. The molecule has 1 aromatic carbocycles. The standard InChI is InChI=1S/C19H21N3OS2/c1-14-4-2-5-16(12-14)23-9-11-25-19-21-20-18(22(19)15-7-8-15)13-17-6-3-10-24-17/h2-6,10,12,15H,7-9,11,13H2,1H3. The molecule has 4 rings (SSSR count). The topological polar surface area (TPSA) is 39.9 Å². The first-order chi connectivity index (χ1) is 12.3. The number of nitrogens with zero attached hydrogens (tertiary/aromatic N) is 3. The van der Waals surface area contributed by atoms with Gasteiger partial charge in [-0.15, -0.1) is 21.5 Å². The van der Waals surface area contributed by atoms with Crippen LogP contribution in [0, 0.1) is 6.92 Å². The van der Waals surface area contributed by atoms with Gasteiger partial charge >= 0.3 is 0 Å². The van der Waals surface area contributed by atoms with E-state index in [2.05, 4.69) is 51.3 Å². The largest absolute Gasteiger partial charge is 0.493 e. The van der Waals surface area contributed by atoms with Gasteiger partial charge in [0.1, 0.15) is 11.6 Å². The molecule has 4 nitrogen and oxygen atoms in total. The molecular formula is C19H21N3OS2. The predicted molar refractivity (Wildman–Crippen MR) is 103 cm³/mol. The zero-order chi connectivity index (χ0) is 17.1. The minimum atomic E-state index is 0.588. The van der Waals surface area contributed by atoms with Gasteiger partial charge in [-0.1, -0.05) is 30.0 Å². The molecular weight excluding hydrogens is 350 g/mol. The summed E-state index contributed by atoms with van der Waals surface area (Å²) in [5.74, 6) is 2.90. The highest BCUT2D eigenvalue weighted by atomic mass is 32.2. The van der Waals surface area contributed by atoms with Gasteiger partial charge in [-0.3, -0.25) is 0 Å². The molecule has 1 aliphatic rings. The van der Waals surface area contributed by atoms with Crippen molar-refractivity contribution in [3.05, 3.63) is 58.0 Å². The van der Waals surface area contributed by atoms with E-state index in [9.17, 15) is 0 Å². The fourth-order valence-corrected chi connectivity index (χ4v) is 4.34. The van der Waals surface area contributed by atoms with Gasteiger partial charge in [0.25, 0.3) is 0 Å². The van der Waals surface area contributed by atoms with Gasteiger partial charge in [-0.05, 0) is 48.9 Å². The molecule has 0 spiro atoms. The third-order valence-corrected chi connectivity index (χ3v) is 5.92. The number of rotatable bonds is 8. The average Bonchev–Trinajstić information content (AvgIpc) is 3.16. The first kappa shape index (κ1) is 16.7. The molecule has 1 aliphatic carbocycles. The molecule has 0 bridgehead atoms. The second-order valence-electron chi connectivity index (χ2n) is 6.27. The highest BCUT2D eigenvalue weighted by Gasteiger charge is 2.29. The summed E-state index contributed by atoms with van der Waals surface area (Å²) in [6.07, 6.45) is 3.35. The van der Waals surface area contributed by atoms with Crippen LogP contribution in [0.1, 0.15) is 35.1 Å². The summed E-state index contributed by atoms with van der Waals surface area (Å²) in [6.45, 7) is 2.75. The molecule has 0 radical (unpaired) electrons. The summed E-state index contributed by atoms with van der Waals surface area (Å²) in [5.41, 5.74) is 1.22. The van der Waals surface area contributed by atoms with Gasteiger partial charge in [-0.2, -0.15) is 0 Å². The third kappa shape index (κ3) is 4.25. The zero-order valence-electron chi connectivity index (χ0n) is 14.2. The van der Waals surface area contributed by atoms with E-state index in [-0.39, 0.29) is 0 Å². The van der Waals surface area contributed by atoms with Gasteiger partial charge in [-0.25, -0.2) is 0 Å². The molecule has 0 aliphatic heterocycles. The Morgan fingerprint density at radius 1 is 1.24 bits per heavy atom. The zero-order valence-corrected chi connectivity index (χ0v) is 15.9. The molecule has 2 heterocycles. The smallest absolute Gasteiger partial charge is 0.191 e. The maximum absolute atomic E-state index is 5.84. The lowest BCUT2D eigenvalue weighted by Crippen LogP contribution is -2.05. The van der Waals surface area contributed by atoms with E-state index in [1.807, 2.05) is 12.1 Å². The Labute approximate surface area is 156 Å². The second kappa shape index (κ2) is 7.62. The Balaban J connectivity index is 1.36. The molecule has 25 heavy (non-hydrogen) atoms. The molecule has 6 heteroatoms. The summed E-state index contributed by atoms with van der Waals surface area (Å²) in [4.78, 5) is 1.34. The first-order valence-corrected chi connectivity index (χ1v) is 10.4. The fraction of sp³-hybridized carbons (Fsp3) is 0.368. The summed E-state index contributed by atoms with van der Waals surface area (Å²) >= 11 is 3.52. The normalized spacial score (nSPS) is 14.0. The highest BCUT2D eigenvalue weighted by Crippen LogP contribution is 2.39. The van der Waals surface area contributed by atoms with Crippen LogP contribution < -0.4 is 4.74 Å². The fourth-order valence-electron chi connectivity index (χ4n) is 2.79. The third-order valence-electron chi connectivity index (χ3n) is 4.13. The Hall–Kier alpha value is -1.79. The van der Waals surface area contributed by atoms with Gasteiger partial charge in [0.15, 0.2) is 5.16 Å². The van der Waals surface area contributed by atoms with Crippen molar-refractivity contribution in [2.45, 2.75) is 37.4 Å². The number of hydrogen-bond donors (Lipinski definition) is 0. The van der Waals surface area contributed by atoms with Crippen molar-refractivity contribution in [2.24, 2.45) is 0 Å². The SMILES string of the molecule is Cc1cccc(OCCSc2nnc(Cc3cccs3)n2C2CC2)c1. The van der Waals surface area contributed by atoms with E-state index in [0.717, 1.165) is 28.9 Å². The van der Waals surface area contributed by atoms with Crippen LogP contribution in [0.5, 0.6) is 5.75 Å². The van der Waals surface area contributed by atoms with Crippen molar-refractivity contribution in [3.8, 4) is 5.75 Å². The summed E-state index contributed by atoms with van der Waals surface area (Å²) in [7, 11) is 0. The summed E-state index contributed by atoms with van der Waals surface area (Å²) < 4.78 is 8.18. The van der Waals surface area contributed by atoms with Crippen molar-refractivity contribution in [1.82, 2.24) is 14.8 Å². The van der Waals surface area contributed by atoms with E-state index in [1.165, 1.54) is 23.3 Å². The van der Waals surface area contributed by atoms with E-state index in [4.69, 9.17) is 4.74 Å². The van der Waals surface area contributed by atoms with Crippen molar-refractivity contribution in [3.63, 3.8) is 0 Å². The first-order valence-electron chi connectivity index (χ1n) is 8.58. The monoisotopic (exact) mass is 371 g/mol. The summed E-state index contributed by atoms with van der Waals surface area (Å²) in [5, 5.41) is 12.0. The maximum Gasteiger partial charge on any atom is 0.191 e. The number of benzene rings is 1. The maximum atomic E-state index is 5.84. The van der Waals surface area contributed by atoms with E-state index < -0.39 is 0 Å². The van der Waals surface area contributed by atoms with E-state index in [1.54, 1.807) is 23.1 Å². The van der Waals surface area contributed by atoms with Crippen LogP contribution >= 0.6 is 23.1 Å². The number of ether oxygens (including phenoxy) is 1. The van der Waals surface area contributed by atoms with Gasteiger partial charge in [0, 0.05) is 23.1 Å². The van der Waals surface area contributed by atoms with Gasteiger partial charge in [0.05, 0.1) is 6.61 Å². The van der Waals surface area contributed by atoms with E-state index in [0.29, 0.717) is 12.6 Å². The molecule has 0 unspecified atom stereocenters. The van der Waals surface area contributed by atoms with Gasteiger partial charge in [0.2, 0.25) is 0 Å². The minimum absolute atomic E-state index is 0.588. The van der Waals surface area contributed by atoms with Crippen molar-refractivity contribution in [2.75, 3.05) is 12.4 Å². The second-order valence-corrected chi connectivity index (χ2v) is 8.36. The molecule has 1 saturated carbocycles. The quantitative estimate of drug-likeness (QED) is 0.423. The molecule has 2 aromatic heterocycles. The van der Waals surface area contributed by atoms with Gasteiger partial charge < -0.3 is 9.30 Å². The van der Waals surface area contributed by atoms with Crippen LogP contribution in [0.15, 0.2) is 46.9 Å². The van der Waals surface area contributed by atoms with Crippen LogP contribution in [0.2, 0.25) is 0 Å². The predicted octanol–water partition coefficient (Wildman–Crippen LogP) is 4.74. The molecule has 0 atom stereocenters. The Bertz CT molecular complexity index is 825. The average molecular weight is 372 g/mol. The molecule has 0 N–H and O–H groups in total. The molecule has 3 aromatic rings. The van der Waals surface area contributed by atoms with Crippen LogP contribution in [0.25, 0.3) is 0 Å². The van der Waals surface area contributed by atoms with Crippen LogP contribution in [0.3, 0.4) is 0 Å². The van der Waals surface area contributed by atoms with E-state index >= 15 is 0 Å². The van der Waals surface area contributed by atoms with Crippen molar-refractivity contribution in [1.29, 1.82) is 0 Å². The Morgan fingerprint density at radius 2 is 2.16 bits per heavy atom. The van der Waals surface area contributed by atoms with Crippen LogP contribution in [-0.4, -0.2) is 27.1 Å². The highest BCUT2D eigenvalue weighted by molar-refractivity contribution is 7.99.